The normalized spacial score (nSPS) is 10.1. The van der Waals surface area contributed by atoms with Crippen molar-refractivity contribution in [3.05, 3.63) is 28.2 Å². The third-order valence-electron chi connectivity index (χ3n) is 1.86. The molecule has 0 saturated heterocycles. The molecule has 0 spiro atoms. The van der Waals surface area contributed by atoms with Crippen molar-refractivity contribution in [3.63, 3.8) is 0 Å². The lowest BCUT2D eigenvalue weighted by molar-refractivity contribution is -0.115. The number of nitrogens with one attached hydrogen (secondary N) is 2. The van der Waals surface area contributed by atoms with Crippen LogP contribution in [-0.2, 0) is 4.79 Å². The number of amides is 1. The highest BCUT2D eigenvalue weighted by Gasteiger charge is 2.02. The van der Waals surface area contributed by atoms with Gasteiger partial charge in [-0.2, -0.15) is 0 Å². The summed E-state index contributed by atoms with van der Waals surface area (Å²) in [7, 11) is 0. The van der Waals surface area contributed by atoms with Gasteiger partial charge in [-0.15, -0.1) is 0 Å². The summed E-state index contributed by atoms with van der Waals surface area (Å²) in [6.45, 7) is 5.11. The van der Waals surface area contributed by atoms with Gasteiger partial charge in [-0.25, -0.2) is 0 Å². The van der Waals surface area contributed by atoms with Crippen LogP contribution in [0.3, 0.4) is 0 Å². The number of halogens is 1. The molecule has 1 amide bonds. The molecule has 0 radical (unpaired) electrons. The first-order chi connectivity index (χ1) is 7.11. The average Bonchev–Trinajstić information content (AvgIpc) is 2.13. The minimum atomic E-state index is -0.0191. The van der Waals surface area contributed by atoms with Gasteiger partial charge in [-0.05, 0) is 37.2 Å². The first-order valence-electron chi connectivity index (χ1n) is 4.89. The Morgan fingerprint density at radius 3 is 2.73 bits per heavy atom. The molecule has 0 bridgehead atoms. The van der Waals surface area contributed by atoms with Gasteiger partial charge in [-0.3, -0.25) is 4.79 Å². The van der Waals surface area contributed by atoms with E-state index >= 15 is 0 Å². The van der Waals surface area contributed by atoms with E-state index in [4.69, 9.17) is 0 Å². The van der Waals surface area contributed by atoms with Gasteiger partial charge in [0, 0.05) is 10.2 Å². The summed E-state index contributed by atoms with van der Waals surface area (Å²) < 4.78 is 0.973. The maximum atomic E-state index is 11.4. The standard InChI is InChI=1S/C11H15BrN2O/c1-3-13-7-11(15)14-10-5-8(2)4-9(12)6-10/h4-6,13H,3,7H2,1-2H3,(H,14,15). The number of benzene rings is 1. The van der Waals surface area contributed by atoms with Crippen LogP contribution in [0.2, 0.25) is 0 Å². The van der Waals surface area contributed by atoms with Gasteiger partial charge in [0.2, 0.25) is 5.91 Å². The number of carbonyl (C=O) groups is 1. The van der Waals surface area contributed by atoms with Gasteiger partial charge < -0.3 is 10.6 Å². The van der Waals surface area contributed by atoms with Crippen LogP contribution in [0.15, 0.2) is 22.7 Å². The topological polar surface area (TPSA) is 41.1 Å². The molecule has 0 aromatic heterocycles. The van der Waals surface area contributed by atoms with Gasteiger partial charge in [0.1, 0.15) is 0 Å². The van der Waals surface area contributed by atoms with E-state index in [1.165, 1.54) is 0 Å². The van der Waals surface area contributed by atoms with Crippen LogP contribution >= 0.6 is 15.9 Å². The quantitative estimate of drug-likeness (QED) is 0.882. The summed E-state index contributed by atoms with van der Waals surface area (Å²) in [5, 5.41) is 5.80. The molecule has 0 heterocycles. The number of anilines is 1. The zero-order valence-electron chi connectivity index (χ0n) is 8.93. The number of likely N-dealkylation sites (N-methyl/N-ethyl adjacent to an activating group) is 1. The highest BCUT2D eigenvalue weighted by molar-refractivity contribution is 9.10. The lowest BCUT2D eigenvalue weighted by Gasteiger charge is -2.07. The Hall–Kier alpha value is -0.870. The highest BCUT2D eigenvalue weighted by atomic mass is 79.9. The van der Waals surface area contributed by atoms with Gasteiger partial charge in [0.05, 0.1) is 6.54 Å². The average molecular weight is 271 g/mol. The fraction of sp³-hybridized carbons (Fsp3) is 0.364. The minimum absolute atomic E-state index is 0.0191. The molecule has 0 aliphatic heterocycles. The van der Waals surface area contributed by atoms with E-state index in [1.54, 1.807) is 0 Å². The van der Waals surface area contributed by atoms with Crippen molar-refractivity contribution in [2.24, 2.45) is 0 Å². The molecule has 1 rings (SSSR count). The molecular formula is C11H15BrN2O. The first-order valence-corrected chi connectivity index (χ1v) is 5.69. The Morgan fingerprint density at radius 1 is 1.40 bits per heavy atom. The molecule has 0 unspecified atom stereocenters. The van der Waals surface area contributed by atoms with E-state index < -0.39 is 0 Å². The Balaban J connectivity index is 2.60. The third kappa shape index (κ3) is 4.44. The van der Waals surface area contributed by atoms with E-state index in [0.717, 1.165) is 22.3 Å². The molecule has 1 aromatic carbocycles. The number of hydrogen-bond acceptors (Lipinski definition) is 2. The Kier molecular flexibility index (Phi) is 4.78. The van der Waals surface area contributed by atoms with E-state index in [0.29, 0.717) is 6.54 Å². The van der Waals surface area contributed by atoms with Crippen molar-refractivity contribution in [2.75, 3.05) is 18.4 Å². The van der Waals surface area contributed by atoms with Crippen LogP contribution in [0.25, 0.3) is 0 Å². The molecular weight excluding hydrogens is 256 g/mol. The summed E-state index contributed by atoms with van der Waals surface area (Å²) in [6.07, 6.45) is 0. The van der Waals surface area contributed by atoms with Crippen LogP contribution in [0.1, 0.15) is 12.5 Å². The summed E-state index contributed by atoms with van der Waals surface area (Å²) in [4.78, 5) is 11.4. The molecule has 2 N–H and O–H groups in total. The van der Waals surface area contributed by atoms with Crippen LogP contribution in [0.4, 0.5) is 5.69 Å². The first kappa shape index (κ1) is 12.2. The second-order valence-electron chi connectivity index (χ2n) is 3.35. The zero-order valence-corrected chi connectivity index (χ0v) is 10.5. The predicted molar refractivity (Wildman–Crippen MR) is 66.1 cm³/mol. The Bertz CT molecular complexity index is 332. The van der Waals surface area contributed by atoms with Crippen LogP contribution in [-0.4, -0.2) is 19.0 Å². The van der Waals surface area contributed by atoms with E-state index in [2.05, 4.69) is 26.6 Å². The van der Waals surface area contributed by atoms with Crippen molar-refractivity contribution >= 4 is 27.5 Å². The number of aryl methyl sites for hydroxylation is 1. The third-order valence-corrected chi connectivity index (χ3v) is 2.32. The lowest BCUT2D eigenvalue weighted by atomic mass is 10.2. The largest absolute Gasteiger partial charge is 0.325 e. The fourth-order valence-electron chi connectivity index (χ4n) is 1.25. The molecule has 0 fully saturated rings. The smallest absolute Gasteiger partial charge is 0.238 e. The molecule has 1 aromatic rings. The SMILES string of the molecule is CCNCC(=O)Nc1cc(C)cc(Br)c1. The van der Waals surface area contributed by atoms with Crippen molar-refractivity contribution < 1.29 is 4.79 Å². The molecule has 0 atom stereocenters. The fourth-order valence-corrected chi connectivity index (χ4v) is 1.86. The Labute approximate surface area is 98.4 Å². The predicted octanol–water partition coefficient (Wildman–Crippen LogP) is 2.31. The maximum Gasteiger partial charge on any atom is 0.238 e. The molecule has 0 saturated carbocycles. The number of hydrogen-bond donors (Lipinski definition) is 2. The molecule has 0 aliphatic rings. The molecule has 15 heavy (non-hydrogen) atoms. The van der Waals surface area contributed by atoms with Crippen molar-refractivity contribution in [1.82, 2.24) is 5.32 Å². The lowest BCUT2D eigenvalue weighted by Crippen LogP contribution is -2.27. The number of carbonyl (C=O) groups excluding carboxylic acids is 1. The zero-order chi connectivity index (χ0) is 11.3. The monoisotopic (exact) mass is 270 g/mol. The minimum Gasteiger partial charge on any atom is -0.325 e. The van der Waals surface area contributed by atoms with Crippen molar-refractivity contribution in [2.45, 2.75) is 13.8 Å². The second kappa shape index (κ2) is 5.88. The Morgan fingerprint density at radius 2 is 2.13 bits per heavy atom. The highest BCUT2D eigenvalue weighted by Crippen LogP contribution is 2.18. The molecule has 0 aliphatic carbocycles. The summed E-state index contributed by atoms with van der Waals surface area (Å²) in [5.41, 5.74) is 1.94. The van der Waals surface area contributed by atoms with E-state index in [9.17, 15) is 4.79 Å². The second-order valence-corrected chi connectivity index (χ2v) is 4.26. The van der Waals surface area contributed by atoms with Crippen molar-refractivity contribution in [1.29, 1.82) is 0 Å². The molecule has 3 nitrogen and oxygen atoms in total. The van der Waals surface area contributed by atoms with Crippen LogP contribution < -0.4 is 10.6 Å². The van der Waals surface area contributed by atoms with E-state index in [-0.39, 0.29) is 5.91 Å². The summed E-state index contributed by atoms with van der Waals surface area (Å²) >= 11 is 3.39. The van der Waals surface area contributed by atoms with Gasteiger partial charge in [-0.1, -0.05) is 22.9 Å². The molecule has 82 valence electrons. The van der Waals surface area contributed by atoms with Crippen molar-refractivity contribution in [3.8, 4) is 0 Å². The van der Waals surface area contributed by atoms with Gasteiger partial charge in [0.15, 0.2) is 0 Å². The summed E-state index contributed by atoms with van der Waals surface area (Å²) in [5.74, 6) is -0.0191. The van der Waals surface area contributed by atoms with Gasteiger partial charge >= 0.3 is 0 Å². The van der Waals surface area contributed by atoms with Crippen LogP contribution in [0, 0.1) is 6.92 Å². The summed E-state index contributed by atoms with van der Waals surface area (Å²) in [6, 6.07) is 5.82. The molecule has 4 heteroatoms. The van der Waals surface area contributed by atoms with E-state index in [1.807, 2.05) is 32.0 Å². The maximum absolute atomic E-state index is 11.4. The van der Waals surface area contributed by atoms with Crippen LogP contribution in [0.5, 0.6) is 0 Å². The van der Waals surface area contributed by atoms with Gasteiger partial charge in [0.25, 0.3) is 0 Å². The number of rotatable bonds is 4.